The van der Waals surface area contributed by atoms with Crippen LogP contribution in [-0.4, -0.2) is 48.7 Å². The first-order valence-electron chi connectivity index (χ1n) is 7.67. The third-order valence-electron chi connectivity index (χ3n) is 3.46. The topological polar surface area (TPSA) is 119 Å². The molecule has 2 atom stereocenters. The summed E-state index contributed by atoms with van der Waals surface area (Å²) in [5.41, 5.74) is 0.277. The zero-order valence-corrected chi connectivity index (χ0v) is 14.3. The van der Waals surface area contributed by atoms with Gasteiger partial charge in [0.2, 0.25) is 0 Å². The van der Waals surface area contributed by atoms with Crippen molar-refractivity contribution in [1.29, 1.82) is 0 Å². The lowest BCUT2D eigenvalue weighted by Gasteiger charge is -2.21. The summed E-state index contributed by atoms with van der Waals surface area (Å²) >= 11 is 0. The normalized spacial score (nSPS) is 12.6. The van der Waals surface area contributed by atoms with Gasteiger partial charge in [-0.25, -0.2) is 9.59 Å². The lowest BCUT2D eigenvalue weighted by molar-refractivity contribution is -0.145. The molecule has 0 aliphatic carbocycles. The molecule has 0 unspecified atom stereocenters. The van der Waals surface area contributed by atoms with E-state index < -0.39 is 35.8 Å². The predicted molar refractivity (Wildman–Crippen MR) is 87.1 cm³/mol. The molecule has 0 spiro atoms. The number of amides is 1. The van der Waals surface area contributed by atoms with Gasteiger partial charge in [-0.15, -0.1) is 0 Å². The van der Waals surface area contributed by atoms with Gasteiger partial charge < -0.3 is 19.9 Å². The van der Waals surface area contributed by atoms with Gasteiger partial charge in [0, 0.05) is 5.56 Å². The van der Waals surface area contributed by atoms with E-state index >= 15 is 0 Å². The number of ether oxygens (including phenoxy) is 2. The number of carbonyl (C=O) groups excluding carboxylic acids is 3. The minimum Gasteiger partial charge on any atom is -0.480 e. The average Bonchev–Trinajstić information content (AvgIpc) is 2.58. The monoisotopic (exact) mass is 351 g/mol. The van der Waals surface area contributed by atoms with Crippen molar-refractivity contribution in [3.8, 4) is 0 Å². The highest BCUT2D eigenvalue weighted by molar-refractivity contribution is 5.99. The van der Waals surface area contributed by atoms with Crippen LogP contribution in [-0.2, 0) is 19.1 Å². The van der Waals surface area contributed by atoms with Gasteiger partial charge in [0.1, 0.15) is 6.04 Å². The highest BCUT2D eigenvalue weighted by Crippen LogP contribution is 2.12. The highest BCUT2D eigenvalue weighted by atomic mass is 16.5. The quantitative estimate of drug-likeness (QED) is 0.676. The molecule has 0 bridgehead atoms. The fourth-order valence-corrected chi connectivity index (χ4v) is 2.18. The summed E-state index contributed by atoms with van der Waals surface area (Å²) in [6.45, 7) is 3.37. The van der Waals surface area contributed by atoms with Crippen molar-refractivity contribution in [2.24, 2.45) is 5.92 Å². The Labute approximate surface area is 145 Å². The number of aliphatic carboxylic acids is 1. The van der Waals surface area contributed by atoms with E-state index in [1.807, 2.05) is 0 Å². The molecule has 0 saturated carbocycles. The summed E-state index contributed by atoms with van der Waals surface area (Å²) in [4.78, 5) is 46.7. The number of hydrogen-bond donors (Lipinski definition) is 2. The maximum absolute atomic E-state index is 12.3. The van der Waals surface area contributed by atoms with Crippen LogP contribution in [0.1, 0.15) is 41.0 Å². The van der Waals surface area contributed by atoms with Crippen LogP contribution in [0.3, 0.4) is 0 Å². The second kappa shape index (κ2) is 9.41. The van der Waals surface area contributed by atoms with E-state index in [0.717, 1.165) is 0 Å². The molecule has 1 amide bonds. The number of rotatable bonds is 8. The molecule has 25 heavy (non-hydrogen) atoms. The summed E-state index contributed by atoms with van der Waals surface area (Å²) in [7, 11) is 1.21. The van der Waals surface area contributed by atoms with Crippen LogP contribution in [0.25, 0.3) is 0 Å². The molecule has 0 aliphatic heterocycles. The Hall–Kier alpha value is -2.90. The average molecular weight is 351 g/mol. The molecular formula is C17H21NO7. The number of carboxylic acids is 1. The Balaban J connectivity index is 2.88. The number of carboxylic acid groups (broad SMARTS) is 1. The number of carbonyl (C=O) groups is 4. The third-order valence-corrected chi connectivity index (χ3v) is 3.46. The Bertz CT molecular complexity index is 656. The van der Waals surface area contributed by atoms with Gasteiger partial charge in [0.25, 0.3) is 5.91 Å². The SMILES string of the molecule is CCOC(=O)C[C@H](C)[C@H](NC(=O)c1cccc(C(=O)OC)c1)C(=O)O. The number of benzene rings is 1. The second-order valence-corrected chi connectivity index (χ2v) is 5.35. The van der Waals surface area contributed by atoms with Gasteiger partial charge in [-0.2, -0.15) is 0 Å². The molecular weight excluding hydrogens is 330 g/mol. The maximum atomic E-state index is 12.3. The first-order chi connectivity index (χ1) is 11.8. The Morgan fingerprint density at radius 3 is 2.40 bits per heavy atom. The van der Waals surface area contributed by atoms with E-state index in [1.54, 1.807) is 6.92 Å². The van der Waals surface area contributed by atoms with Crippen LogP contribution in [0, 0.1) is 5.92 Å². The Kier molecular flexibility index (Phi) is 7.58. The van der Waals surface area contributed by atoms with Crippen LogP contribution < -0.4 is 5.32 Å². The standard InChI is InChI=1S/C17H21NO7/c1-4-25-13(19)8-10(2)14(16(21)22)18-15(20)11-6-5-7-12(9-11)17(23)24-3/h5-7,9-10,14H,4,8H2,1-3H3,(H,18,20)(H,21,22)/t10-,14-/m0/s1. The van der Waals surface area contributed by atoms with Gasteiger partial charge in [0.05, 0.1) is 25.7 Å². The highest BCUT2D eigenvalue weighted by Gasteiger charge is 2.29. The molecule has 0 heterocycles. The summed E-state index contributed by atoms with van der Waals surface area (Å²) < 4.78 is 9.37. The summed E-state index contributed by atoms with van der Waals surface area (Å²) in [5, 5.41) is 11.7. The number of hydrogen-bond acceptors (Lipinski definition) is 6. The first-order valence-corrected chi connectivity index (χ1v) is 7.67. The van der Waals surface area contributed by atoms with E-state index in [4.69, 9.17) is 4.74 Å². The molecule has 0 aliphatic rings. The fourth-order valence-electron chi connectivity index (χ4n) is 2.18. The van der Waals surface area contributed by atoms with Crippen LogP contribution in [0.5, 0.6) is 0 Å². The second-order valence-electron chi connectivity index (χ2n) is 5.35. The van der Waals surface area contributed by atoms with E-state index in [0.29, 0.717) is 0 Å². The maximum Gasteiger partial charge on any atom is 0.337 e. The van der Waals surface area contributed by atoms with Gasteiger partial charge >= 0.3 is 17.9 Å². The van der Waals surface area contributed by atoms with Crippen LogP contribution in [0.4, 0.5) is 0 Å². The van der Waals surface area contributed by atoms with E-state index in [2.05, 4.69) is 10.1 Å². The van der Waals surface area contributed by atoms with E-state index in [-0.39, 0.29) is 24.2 Å². The van der Waals surface area contributed by atoms with Crippen molar-refractivity contribution in [1.82, 2.24) is 5.32 Å². The summed E-state index contributed by atoms with van der Waals surface area (Å²) in [6, 6.07) is 4.42. The van der Waals surface area contributed by atoms with E-state index in [1.165, 1.54) is 38.3 Å². The molecule has 8 heteroatoms. The number of methoxy groups -OCH3 is 1. The molecule has 136 valence electrons. The summed E-state index contributed by atoms with van der Waals surface area (Å²) in [5.74, 6) is -3.77. The van der Waals surface area contributed by atoms with Gasteiger partial charge in [0.15, 0.2) is 0 Å². The largest absolute Gasteiger partial charge is 0.480 e. The van der Waals surface area contributed by atoms with Gasteiger partial charge in [-0.1, -0.05) is 13.0 Å². The smallest absolute Gasteiger partial charge is 0.337 e. The fraction of sp³-hybridized carbons (Fsp3) is 0.412. The lowest BCUT2D eigenvalue weighted by Crippen LogP contribution is -2.45. The molecule has 0 aromatic heterocycles. The third kappa shape index (κ3) is 5.91. The molecule has 1 rings (SSSR count). The molecule has 2 N–H and O–H groups in total. The molecule has 8 nitrogen and oxygen atoms in total. The van der Waals surface area contributed by atoms with Crippen LogP contribution >= 0.6 is 0 Å². The van der Waals surface area contributed by atoms with Gasteiger partial charge in [-0.05, 0) is 31.0 Å². The molecule has 0 fully saturated rings. The Morgan fingerprint density at radius 1 is 1.20 bits per heavy atom. The number of esters is 2. The molecule has 1 aromatic carbocycles. The Morgan fingerprint density at radius 2 is 1.84 bits per heavy atom. The minimum atomic E-state index is -1.28. The van der Waals surface area contributed by atoms with Crippen LogP contribution in [0.15, 0.2) is 24.3 Å². The van der Waals surface area contributed by atoms with Crippen molar-refractivity contribution in [2.75, 3.05) is 13.7 Å². The van der Waals surface area contributed by atoms with Crippen molar-refractivity contribution < 1.29 is 33.8 Å². The van der Waals surface area contributed by atoms with Gasteiger partial charge in [-0.3, -0.25) is 9.59 Å². The molecule has 0 saturated heterocycles. The summed E-state index contributed by atoms with van der Waals surface area (Å²) in [6.07, 6.45) is -0.146. The zero-order chi connectivity index (χ0) is 19.0. The molecule has 0 radical (unpaired) electrons. The zero-order valence-electron chi connectivity index (χ0n) is 14.3. The molecule has 1 aromatic rings. The van der Waals surface area contributed by atoms with Crippen molar-refractivity contribution in [2.45, 2.75) is 26.3 Å². The first kappa shape index (κ1) is 20.1. The predicted octanol–water partition coefficient (Wildman–Crippen LogP) is 1.25. The van der Waals surface area contributed by atoms with Crippen molar-refractivity contribution in [3.05, 3.63) is 35.4 Å². The van der Waals surface area contributed by atoms with E-state index in [9.17, 15) is 24.3 Å². The van der Waals surface area contributed by atoms with Crippen molar-refractivity contribution >= 4 is 23.8 Å². The minimum absolute atomic E-state index is 0.109. The van der Waals surface area contributed by atoms with Crippen LogP contribution in [0.2, 0.25) is 0 Å². The number of nitrogens with one attached hydrogen (secondary N) is 1. The van der Waals surface area contributed by atoms with Crippen molar-refractivity contribution in [3.63, 3.8) is 0 Å². The lowest BCUT2D eigenvalue weighted by atomic mass is 9.97.